The Morgan fingerprint density at radius 1 is 1.18 bits per heavy atom. The van der Waals surface area contributed by atoms with Crippen LogP contribution in [0.1, 0.15) is 26.3 Å². The molecule has 0 saturated carbocycles. The van der Waals surface area contributed by atoms with Crippen LogP contribution in [0.3, 0.4) is 0 Å². The number of aromatic amines is 1. The van der Waals surface area contributed by atoms with Crippen molar-refractivity contribution in [3.63, 3.8) is 0 Å². The molecule has 3 aromatic rings. The van der Waals surface area contributed by atoms with Crippen LogP contribution in [0.15, 0.2) is 36.5 Å². The van der Waals surface area contributed by atoms with Gasteiger partial charge in [0.25, 0.3) is 5.88 Å². The lowest BCUT2D eigenvalue weighted by atomic mass is 10.1. The molecule has 0 radical (unpaired) electrons. The van der Waals surface area contributed by atoms with Crippen LogP contribution in [0.5, 0.6) is 11.6 Å². The molecule has 8 nitrogen and oxygen atoms in total. The molecule has 2 N–H and O–H groups in total. The number of ether oxygens (including phenoxy) is 4. The fourth-order valence-corrected chi connectivity index (χ4v) is 3.75. The summed E-state index contributed by atoms with van der Waals surface area (Å²) in [6.07, 6.45) is 2.03. The summed E-state index contributed by atoms with van der Waals surface area (Å²) in [7, 11) is 1.53. The minimum atomic E-state index is -0.627. The fourth-order valence-electron chi connectivity index (χ4n) is 3.27. The van der Waals surface area contributed by atoms with Crippen molar-refractivity contribution in [2.45, 2.75) is 38.8 Å². The number of nitrogens with one attached hydrogen (secondary N) is 2. The van der Waals surface area contributed by atoms with Crippen molar-refractivity contribution < 1.29 is 23.7 Å². The molecule has 1 amide bonds. The third-order valence-electron chi connectivity index (χ3n) is 4.67. The maximum atomic E-state index is 12.2. The van der Waals surface area contributed by atoms with Gasteiger partial charge in [-0.3, -0.25) is 0 Å². The number of carbonyl (C=O) groups is 1. The van der Waals surface area contributed by atoms with Crippen LogP contribution < -0.4 is 14.8 Å². The second kappa shape index (κ2) is 11.6. The number of H-pyrrole nitrogens is 1. The lowest BCUT2D eigenvalue weighted by Crippen LogP contribution is -2.44. The van der Waals surface area contributed by atoms with Crippen molar-refractivity contribution in [2.24, 2.45) is 0 Å². The first-order chi connectivity index (χ1) is 16.2. The SMILES string of the molecule is COC[C@H](COc1c(Cl)cc(Cl)nc1OCCc1c[nH]c2ccccc12)NC(=O)OC(C)(C)C. The highest BCUT2D eigenvalue weighted by molar-refractivity contribution is 6.35. The number of rotatable bonds is 10. The van der Waals surface area contributed by atoms with Gasteiger partial charge in [0.15, 0.2) is 5.75 Å². The Balaban J connectivity index is 1.66. The quantitative estimate of drug-likeness (QED) is 0.354. The summed E-state index contributed by atoms with van der Waals surface area (Å²) >= 11 is 12.5. The average molecular weight is 510 g/mol. The molecule has 1 aromatic carbocycles. The van der Waals surface area contributed by atoms with Gasteiger partial charge in [-0.25, -0.2) is 4.79 Å². The van der Waals surface area contributed by atoms with E-state index < -0.39 is 17.7 Å². The number of hydrogen-bond acceptors (Lipinski definition) is 6. The summed E-state index contributed by atoms with van der Waals surface area (Å²) < 4.78 is 22.3. The van der Waals surface area contributed by atoms with Crippen LogP contribution in [0, 0.1) is 0 Å². The van der Waals surface area contributed by atoms with E-state index in [0.29, 0.717) is 13.0 Å². The van der Waals surface area contributed by atoms with E-state index in [1.54, 1.807) is 20.8 Å². The fraction of sp³-hybridized carbons (Fsp3) is 0.417. The van der Waals surface area contributed by atoms with Crippen molar-refractivity contribution in [3.8, 4) is 11.6 Å². The number of hydrogen-bond donors (Lipinski definition) is 2. The van der Waals surface area contributed by atoms with E-state index in [4.69, 9.17) is 42.1 Å². The monoisotopic (exact) mass is 509 g/mol. The number of nitrogens with zero attached hydrogens (tertiary/aromatic N) is 1. The van der Waals surface area contributed by atoms with Crippen molar-refractivity contribution in [1.82, 2.24) is 15.3 Å². The van der Waals surface area contributed by atoms with E-state index in [9.17, 15) is 4.79 Å². The van der Waals surface area contributed by atoms with Crippen LogP contribution in [0.4, 0.5) is 4.79 Å². The third kappa shape index (κ3) is 7.41. The van der Waals surface area contributed by atoms with Gasteiger partial charge in [0.1, 0.15) is 17.4 Å². The highest BCUT2D eigenvalue weighted by Gasteiger charge is 2.22. The minimum absolute atomic E-state index is 0.0505. The molecule has 0 aliphatic rings. The largest absolute Gasteiger partial charge is 0.485 e. The molecule has 0 aliphatic carbocycles. The summed E-state index contributed by atoms with van der Waals surface area (Å²) in [4.78, 5) is 19.6. The number of carbonyl (C=O) groups excluding carboxylic acids is 1. The first-order valence-electron chi connectivity index (χ1n) is 10.8. The molecule has 2 aromatic heterocycles. The predicted molar refractivity (Wildman–Crippen MR) is 132 cm³/mol. The minimum Gasteiger partial charge on any atom is -0.485 e. The van der Waals surface area contributed by atoms with Crippen molar-refractivity contribution in [2.75, 3.05) is 26.9 Å². The van der Waals surface area contributed by atoms with Gasteiger partial charge in [0.05, 0.1) is 24.3 Å². The molecule has 10 heteroatoms. The Morgan fingerprint density at radius 2 is 1.94 bits per heavy atom. The van der Waals surface area contributed by atoms with Gasteiger partial charge in [-0.2, -0.15) is 4.98 Å². The molecule has 0 bridgehead atoms. The summed E-state index contributed by atoms with van der Waals surface area (Å²) in [5.41, 5.74) is 1.55. The molecule has 184 valence electrons. The van der Waals surface area contributed by atoms with Gasteiger partial charge < -0.3 is 29.2 Å². The van der Waals surface area contributed by atoms with E-state index in [-0.39, 0.29) is 35.0 Å². The Kier molecular flexibility index (Phi) is 8.88. The van der Waals surface area contributed by atoms with Gasteiger partial charge in [0.2, 0.25) is 0 Å². The summed E-state index contributed by atoms with van der Waals surface area (Å²) in [6.45, 7) is 5.94. The smallest absolute Gasteiger partial charge is 0.408 e. The number of halogens is 2. The number of methoxy groups -OCH3 is 1. The van der Waals surface area contributed by atoms with Crippen molar-refractivity contribution in [3.05, 3.63) is 52.3 Å². The first-order valence-corrected chi connectivity index (χ1v) is 11.6. The Hall–Kier alpha value is -2.68. The first kappa shape index (κ1) is 25.9. The lowest BCUT2D eigenvalue weighted by molar-refractivity contribution is 0.0437. The Labute approximate surface area is 208 Å². The zero-order valence-corrected chi connectivity index (χ0v) is 21.1. The van der Waals surface area contributed by atoms with Crippen LogP contribution in [-0.4, -0.2) is 54.6 Å². The molecule has 1 atom stereocenters. The van der Waals surface area contributed by atoms with Gasteiger partial charge in [-0.1, -0.05) is 41.4 Å². The number of benzene rings is 1. The summed E-state index contributed by atoms with van der Waals surface area (Å²) in [5.74, 6) is 0.405. The number of pyridine rings is 1. The molecule has 0 spiro atoms. The molecule has 2 heterocycles. The highest BCUT2D eigenvalue weighted by atomic mass is 35.5. The van der Waals surface area contributed by atoms with Crippen LogP contribution >= 0.6 is 23.2 Å². The average Bonchev–Trinajstić information content (AvgIpc) is 3.15. The Bertz CT molecular complexity index is 1110. The van der Waals surface area contributed by atoms with Crippen LogP contribution in [0.25, 0.3) is 10.9 Å². The van der Waals surface area contributed by atoms with E-state index in [0.717, 1.165) is 16.5 Å². The number of alkyl carbamates (subject to hydrolysis) is 1. The number of para-hydroxylation sites is 1. The summed E-state index contributed by atoms with van der Waals surface area (Å²) in [6, 6.07) is 9.02. The molecular formula is C24H29Cl2N3O5. The van der Waals surface area contributed by atoms with Gasteiger partial charge in [0, 0.05) is 30.6 Å². The maximum absolute atomic E-state index is 12.2. The topological polar surface area (TPSA) is 94.7 Å². The molecule has 0 fully saturated rings. The maximum Gasteiger partial charge on any atom is 0.408 e. The standard InChI is InChI=1S/C24H29Cl2N3O5/c1-24(2,3)34-23(30)28-16(13-31-4)14-33-21-18(25)11-20(26)29-22(21)32-10-9-15-12-27-19-8-6-5-7-17(15)19/h5-8,11-12,16,27H,9-10,13-14H2,1-4H3,(H,28,30)/t16-/m1/s1. The normalized spacial score (nSPS) is 12.4. The van der Waals surface area contributed by atoms with Crippen molar-refractivity contribution in [1.29, 1.82) is 0 Å². The number of aromatic nitrogens is 2. The zero-order chi connectivity index (χ0) is 24.7. The zero-order valence-electron chi connectivity index (χ0n) is 19.6. The molecule has 0 saturated heterocycles. The van der Waals surface area contributed by atoms with E-state index in [2.05, 4.69) is 21.4 Å². The van der Waals surface area contributed by atoms with E-state index in [1.807, 2.05) is 24.4 Å². The van der Waals surface area contributed by atoms with Gasteiger partial charge in [-0.15, -0.1) is 0 Å². The van der Waals surface area contributed by atoms with Crippen LogP contribution in [-0.2, 0) is 15.9 Å². The molecule has 0 unspecified atom stereocenters. The van der Waals surface area contributed by atoms with E-state index >= 15 is 0 Å². The predicted octanol–water partition coefficient (Wildman–Crippen LogP) is 5.41. The molecular weight excluding hydrogens is 481 g/mol. The lowest BCUT2D eigenvalue weighted by Gasteiger charge is -2.24. The number of fused-ring (bicyclic) bond motifs is 1. The molecule has 34 heavy (non-hydrogen) atoms. The van der Waals surface area contributed by atoms with Crippen molar-refractivity contribution >= 4 is 40.2 Å². The number of amides is 1. The molecule has 0 aliphatic heterocycles. The second-order valence-electron chi connectivity index (χ2n) is 8.63. The molecule has 3 rings (SSSR count). The third-order valence-corrected chi connectivity index (χ3v) is 5.14. The van der Waals surface area contributed by atoms with E-state index in [1.165, 1.54) is 13.2 Å². The van der Waals surface area contributed by atoms with Gasteiger partial charge >= 0.3 is 6.09 Å². The Morgan fingerprint density at radius 3 is 2.68 bits per heavy atom. The highest BCUT2D eigenvalue weighted by Crippen LogP contribution is 2.35. The van der Waals surface area contributed by atoms with Gasteiger partial charge in [-0.05, 0) is 38.5 Å². The second-order valence-corrected chi connectivity index (χ2v) is 9.42. The van der Waals surface area contributed by atoms with Crippen LogP contribution in [0.2, 0.25) is 10.2 Å². The summed E-state index contributed by atoms with van der Waals surface area (Å²) in [5, 5.41) is 4.29.